The van der Waals surface area contributed by atoms with E-state index in [2.05, 4.69) is 35.5 Å². The maximum Gasteiger partial charge on any atom is 0.240 e. The molecule has 0 spiro atoms. The molecular formula is C17H30N4O2. The molecule has 2 heterocycles. The Morgan fingerprint density at radius 3 is 2.61 bits per heavy atom. The molecule has 0 aliphatic carbocycles. The zero-order chi connectivity index (χ0) is 16.8. The SMILES string of the molecule is C=CCNC(=O)CN1CCN([C@@H]2CCCN(C(C)C)C2=O)CC1. The van der Waals surface area contributed by atoms with Crippen LogP contribution in [0.3, 0.4) is 0 Å². The van der Waals surface area contributed by atoms with E-state index < -0.39 is 0 Å². The molecular weight excluding hydrogens is 292 g/mol. The van der Waals surface area contributed by atoms with Gasteiger partial charge in [0.15, 0.2) is 0 Å². The monoisotopic (exact) mass is 322 g/mol. The Hall–Kier alpha value is -1.40. The molecule has 6 heteroatoms. The zero-order valence-electron chi connectivity index (χ0n) is 14.5. The Kier molecular flexibility index (Phi) is 6.59. The van der Waals surface area contributed by atoms with Gasteiger partial charge < -0.3 is 10.2 Å². The fraction of sp³-hybridized carbons (Fsp3) is 0.765. The van der Waals surface area contributed by atoms with Crippen molar-refractivity contribution in [1.29, 1.82) is 0 Å². The van der Waals surface area contributed by atoms with E-state index in [1.165, 1.54) is 0 Å². The molecule has 0 bridgehead atoms. The molecule has 2 saturated heterocycles. The first kappa shape index (κ1) is 17.9. The second-order valence-corrected chi connectivity index (χ2v) is 6.69. The van der Waals surface area contributed by atoms with Gasteiger partial charge in [-0.25, -0.2) is 0 Å². The zero-order valence-corrected chi connectivity index (χ0v) is 14.5. The second kappa shape index (κ2) is 8.45. The number of nitrogens with one attached hydrogen (secondary N) is 1. The van der Waals surface area contributed by atoms with Crippen LogP contribution in [0.2, 0.25) is 0 Å². The summed E-state index contributed by atoms with van der Waals surface area (Å²) >= 11 is 0. The second-order valence-electron chi connectivity index (χ2n) is 6.69. The predicted octanol–water partition coefficient (Wildman–Crippen LogP) is 0.306. The number of carbonyl (C=O) groups excluding carboxylic acids is 2. The van der Waals surface area contributed by atoms with E-state index in [1.54, 1.807) is 6.08 Å². The normalized spacial score (nSPS) is 24.0. The van der Waals surface area contributed by atoms with Gasteiger partial charge in [-0.05, 0) is 26.7 Å². The van der Waals surface area contributed by atoms with Crippen molar-refractivity contribution in [1.82, 2.24) is 20.0 Å². The molecule has 0 aromatic carbocycles. The van der Waals surface area contributed by atoms with Crippen molar-refractivity contribution < 1.29 is 9.59 Å². The fourth-order valence-electron chi connectivity index (χ4n) is 3.41. The van der Waals surface area contributed by atoms with Crippen LogP contribution in [0, 0.1) is 0 Å². The topological polar surface area (TPSA) is 55.9 Å². The number of hydrogen-bond acceptors (Lipinski definition) is 4. The van der Waals surface area contributed by atoms with E-state index in [4.69, 9.17) is 0 Å². The number of amides is 2. The molecule has 2 aliphatic rings. The lowest BCUT2D eigenvalue weighted by Crippen LogP contribution is -2.59. The number of piperidine rings is 1. The van der Waals surface area contributed by atoms with Gasteiger partial charge in [0.25, 0.3) is 0 Å². The van der Waals surface area contributed by atoms with Crippen molar-refractivity contribution >= 4 is 11.8 Å². The van der Waals surface area contributed by atoms with E-state index in [9.17, 15) is 9.59 Å². The van der Waals surface area contributed by atoms with E-state index in [0.29, 0.717) is 13.1 Å². The van der Waals surface area contributed by atoms with E-state index >= 15 is 0 Å². The average Bonchev–Trinajstić information content (AvgIpc) is 2.54. The molecule has 23 heavy (non-hydrogen) atoms. The highest BCUT2D eigenvalue weighted by atomic mass is 16.2. The highest BCUT2D eigenvalue weighted by Gasteiger charge is 2.35. The van der Waals surface area contributed by atoms with Crippen LogP contribution in [-0.2, 0) is 9.59 Å². The lowest BCUT2D eigenvalue weighted by atomic mass is 10.0. The molecule has 1 N–H and O–H groups in total. The first-order chi connectivity index (χ1) is 11.0. The van der Waals surface area contributed by atoms with Gasteiger partial charge >= 0.3 is 0 Å². The molecule has 2 amide bonds. The van der Waals surface area contributed by atoms with E-state index in [1.807, 2.05) is 4.90 Å². The summed E-state index contributed by atoms with van der Waals surface area (Å²) in [5.41, 5.74) is 0. The van der Waals surface area contributed by atoms with Crippen molar-refractivity contribution in [2.45, 2.75) is 38.8 Å². The van der Waals surface area contributed by atoms with Crippen LogP contribution in [0.1, 0.15) is 26.7 Å². The molecule has 6 nitrogen and oxygen atoms in total. The Morgan fingerprint density at radius 1 is 1.30 bits per heavy atom. The van der Waals surface area contributed by atoms with E-state index in [0.717, 1.165) is 45.6 Å². The molecule has 0 aromatic heterocycles. The summed E-state index contributed by atoms with van der Waals surface area (Å²) in [6.07, 6.45) is 3.73. The standard InChI is InChI=1S/C17H30N4O2/c1-4-7-18-16(22)13-19-9-11-20(12-10-19)15-6-5-8-21(14(2)3)17(15)23/h4,14-15H,1,5-13H2,2-3H3,(H,18,22)/t15-/m1/s1. The molecule has 0 aromatic rings. The largest absolute Gasteiger partial charge is 0.352 e. The lowest BCUT2D eigenvalue weighted by molar-refractivity contribution is -0.143. The first-order valence-corrected chi connectivity index (χ1v) is 8.67. The summed E-state index contributed by atoms with van der Waals surface area (Å²) in [6, 6.07) is 0.308. The van der Waals surface area contributed by atoms with Crippen molar-refractivity contribution in [2.24, 2.45) is 0 Å². The minimum atomic E-state index is 0.0305. The summed E-state index contributed by atoms with van der Waals surface area (Å²) in [6.45, 7) is 13.0. The van der Waals surface area contributed by atoms with Crippen molar-refractivity contribution in [3.8, 4) is 0 Å². The Morgan fingerprint density at radius 2 is 2.00 bits per heavy atom. The van der Waals surface area contributed by atoms with Gasteiger partial charge in [0.2, 0.25) is 11.8 Å². The van der Waals surface area contributed by atoms with E-state index in [-0.39, 0.29) is 23.9 Å². The third-order valence-electron chi connectivity index (χ3n) is 4.73. The molecule has 0 saturated carbocycles. The number of carbonyl (C=O) groups is 2. The Labute approximate surface area is 139 Å². The van der Waals surface area contributed by atoms with Crippen LogP contribution in [-0.4, -0.2) is 84.4 Å². The molecule has 2 rings (SSSR count). The number of nitrogens with zero attached hydrogens (tertiary/aromatic N) is 3. The number of rotatable bonds is 6. The predicted molar refractivity (Wildman–Crippen MR) is 91.1 cm³/mol. The summed E-state index contributed by atoms with van der Waals surface area (Å²) in [7, 11) is 0. The molecule has 0 radical (unpaired) electrons. The van der Waals surface area contributed by atoms with Crippen LogP contribution in [0.4, 0.5) is 0 Å². The van der Waals surface area contributed by atoms with Crippen LogP contribution in [0.15, 0.2) is 12.7 Å². The van der Waals surface area contributed by atoms with Crippen molar-refractivity contribution in [3.63, 3.8) is 0 Å². The average molecular weight is 322 g/mol. The third-order valence-corrected chi connectivity index (χ3v) is 4.73. The van der Waals surface area contributed by atoms with Crippen molar-refractivity contribution in [3.05, 3.63) is 12.7 Å². The highest BCUT2D eigenvalue weighted by Crippen LogP contribution is 2.20. The van der Waals surface area contributed by atoms with Gasteiger partial charge in [-0.2, -0.15) is 0 Å². The quantitative estimate of drug-likeness (QED) is 0.715. The summed E-state index contributed by atoms with van der Waals surface area (Å²) in [4.78, 5) is 30.8. The minimum Gasteiger partial charge on any atom is -0.352 e. The lowest BCUT2D eigenvalue weighted by Gasteiger charge is -2.43. The fourth-order valence-corrected chi connectivity index (χ4v) is 3.41. The van der Waals surface area contributed by atoms with Gasteiger partial charge in [0.05, 0.1) is 12.6 Å². The molecule has 2 fully saturated rings. The van der Waals surface area contributed by atoms with Crippen LogP contribution in [0.25, 0.3) is 0 Å². The number of hydrogen-bond donors (Lipinski definition) is 1. The summed E-state index contributed by atoms with van der Waals surface area (Å²) in [5, 5.41) is 2.81. The molecule has 0 unspecified atom stereocenters. The first-order valence-electron chi connectivity index (χ1n) is 8.67. The summed E-state index contributed by atoms with van der Waals surface area (Å²) in [5.74, 6) is 0.321. The third kappa shape index (κ3) is 4.78. The van der Waals surface area contributed by atoms with Gasteiger partial charge in [-0.15, -0.1) is 6.58 Å². The van der Waals surface area contributed by atoms with Crippen LogP contribution >= 0.6 is 0 Å². The molecule has 1 atom stereocenters. The maximum absolute atomic E-state index is 12.6. The van der Waals surface area contributed by atoms with Gasteiger partial charge in [0, 0.05) is 45.3 Å². The van der Waals surface area contributed by atoms with Gasteiger partial charge in [0.1, 0.15) is 0 Å². The smallest absolute Gasteiger partial charge is 0.240 e. The summed E-state index contributed by atoms with van der Waals surface area (Å²) < 4.78 is 0. The van der Waals surface area contributed by atoms with Crippen LogP contribution < -0.4 is 5.32 Å². The van der Waals surface area contributed by atoms with Gasteiger partial charge in [-0.1, -0.05) is 6.08 Å². The molecule has 2 aliphatic heterocycles. The van der Waals surface area contributed by atoms with Crippen molar-refractivity contribution in [2.75, 3.05) is 45.8 Å². The molecule has 130 valence electrons. The Bertz CT molecular complexity index is 430. The van der Waals surface area contributed by atoms with Gasteiger partial charge in [-0.3, -0.25) is 19.4 Å². The Balaban J connectivity index is 1.80. The number of piperazine rings is 1. The van der Waals surface area contributed by atoms with Crippen LogP contribution in [0.5, 0.6) is 0 Å². The number of likely N-dealkylation sites (tertiary alicyclic amines) is 1. The minimum absolute atomic E-state index is 0.0305. The highest BCUT2D eigenvalue weighted by molar-refractivity contribution is 5.83. The maximum atomic E-state index is 12.6.